The van der Waals surface area contributed by atoms with Crippen LogP contribution in [0.3, 0.4) is 0 Å². The fourth-order valence-electron chi connectivity index (χ4n) is 2.08. The number of rotatable bonds is 4. The van der Waals surface area contributed by atoms with Gasteiger partial charge in [-0.1, -0.05) is 24.3 Å². The monoisotopic (exact) mass is 289 g/mol. The van der Waals surface area contributed by atoms with Gasteiger partial charge in [0.25, 0.3) is 0 Å². The van der Waals surface area contributed by atoms with Gasteiger partial charge in [-0.3, -0.25) is 0 Å². The highest BCUT2D eigenvalue weighted by molar-refractivity contribution is 7.98. The Morgan fingerprint density at radius 1 is 1.15 bits per heavy atom. The first-order chi connectivity index (χ1) is 9.49. The van der Waals surface area contributed by atoms with Crippen molar-refractivity contribution >= 4 is 11.8 Å². The van der Waals surface area contributed by atoms with Crippen molar-refractivity contribution in [2.24, 2.45) is 5.73 Å². The van der Waals surface area contributed by atoms with Gasteiger partial charge in [0.15, 0.2) is 0 Å². The summed E-state index contributed by atoms with van der Waals surface area (Å²) in [5.41, 5.74) is 10.1. The van der Waals surface area contributed by atoms with Crippen molar-refractivity contribution in [2.45, 2.75) is 37.5 Å². The third kappa shape index (κ3) is 3.41. The lowest BCUT2D eigenvalue weighted by molar-refractivity contribution is 0.610. The molecule has 0 bridgehead atoms. The molecule has 0 fully saturated rings. The first kappa shape index (κ1) is 15.1. The number of thioether (sulfide) groups is 1. The molecule has 106 valence electrons. The van der Waals surface area contributed by atoms with E-state index < -0.39 is 0 Å². The van der Waals surface area contributed by atoms with Gasteiger partial charge in [-0.05, 0) is 55.2 Å². The zero-order chi connectivity index (χ0) is 14.7. The standard InChI is InChI=1S/C17H20FNS/c1-11-6-4-5-7-14(11)10-20-17-8-12(2)16(18)9-15(17)13(3)19/h4-9,13H,10,19H2,1-3H3. The van der Waals surface area contributed by atoms with Crippen LogP contribution in [0.2, 0.25) is 0 Å². The molecule has 2 aromatic rings. The van der Waals surface area contributed by atoms with Gasteiger partial charge in [-0.25, -0.2) is 4.39 Å². The molecule has 0 aliphatic rings. The van der Waals surface area contributed by atoms with Crippen LogP contribution >= 0.6 is 11.8 Å². The van der Waals surface area contributed by atoms with Crippen molar-refractivity contribution in [2.75, 3.05) is 0 Å². The molecule has 1 atom stereocenters. The summed E-state index contributed by atoms with van der Waals surface area (Å²) < 4.78 is 13.7. The number of benzene rings is 2. The van der Waals surface area contributed by atoms with E-state index in [0.29, 0.717) is 5.56 Å². The summed E-state index contributed by atoms with van der Waals surface area (Å²) in [6, 6.07) is 11.6. The third-order valence-corrected chi connectivity index (χ3v) is 4.55. The van der Waals surface area contributed by atoms with Crippen LogP contribution in [0.1, 0.15) is 35.2 Å². The molecule has 3 heteroatoms. The van der Waals surface area contributed by atoms with Gasteiger partial charge in [0.05, 0.1) is 0 Å². The highest BCUT2D eigenvalue weighted by Gasteiger charge is 2.12. The fraction of sp³-hybridized carbons (Fsp3) is 0.294. The minimum Gasteiger partial charge on any atom is -0.324 e. The van der Waals surface area contributed by atoms with Crippen molar-refractivity contribution in [1.29, 1.82) is 0 Å². The maximum atomic E-state index is 13.7. The van der Waals surface area contributed by atoms with Gasteiger partial charge < -0.3 is 5.73 Å². The zero-order valence-electron chi connectivity index (χ0n) is 12.1. The number of halogens is 1. The second-order valence-electron chi connectivity index (χ2n) is 5.14. The van der Waals surface area contributed by atoms with Crippen molar-refractivity contribution in [3.05, 3.63) is 64.5 Å². The molecule has 1 unspecified atom stereocenters. The molecule has 0 spiro atoms. The molecular weight excluding hydrogens is 269 g/mol. The normalized spacial score (nSPS) is 12.4. The smallest absolute Gasteiger partial charge is 0.126 e. The van der Waals surface area contributed by atoms with E-state index in [9.17, 15) is 4.39 Å². The van der Waals surface area contributed by atoms with Gasteiger partial charge in [-0.15, -0.1) is 11.8 Å². The third-order valence-electron chi connectivity index (χ3n) is 3.43. The largest absolute Gasteiger partial charge is 0.324 e. The number of aryl methyl sites for hydroxylation is 2. The molecule has 0 aliphatic heterocycles. The molecular formula is C17H20FNS. The highest BCUT2D eigenvalue weighted by atomic mass is 32.2. The van der Waals surface area contributed by atoms with Crippen LogP contribution in [-0.2, 0) is 5.75 Å². The summed E-state index contributed by atoms with van der Waals surface area (Å²) >= 11 is 1.72. The van der Waals surface area contributed by atoms with E-state index in [0.717, 1.165) is 16.2 Å². The Morgan fingerprint density at radius 3 is 2.50 bits per heavy atom. The van der Waals surface area contributed by atoms with E-state index in [-0.39, 0.29) is 11.9 Å². The lowest BCUT2D eigenvalue weighted by Crippen LogP contribution is -2.07. The average molecular weight is 289 g/mol. The molecule has 2 rings (SSSR count). The van der Waals surface area contributed by atoms with Crippen LogP contribution in [0, 0.1) is 19.7 Å². The second kappa shape index (κ2) is 6.42. The predicted molar refractivity (Wildman–Crippen MR) is 84.5 cm³/mol. The SMILES string of the molecule is Cc1cc(SCc2ccccc2C)c(C(C)N)cc1F. The Balaban J connectivity index is 2.25. The Bertz CT molecular complexity index is 608. The van der Waals surface area contributed by atoms with Crippen LogP contribution < -0.4 is 5.73 Å². The summed E-state index contributed by atoms with van der Waals surface area (Å²) in [5, 5.41) is 0. The van der Waals surface area contributed by atoms with E-state index in [2.05, 4.69) is 19.1 Å². The van der Waals surface area contributed by atoms with Crippen LogP contribution in [0.25, 0.3) is 0 Å². The van der Waals surface area contributed by atoms with Crippen molar-refractivity contribution in [3.8, 4) is 0 Å². The molecule has 0 saturated carbocycles. The van der Waals surface area contributed by atoms with Crippen LogP contribution in [0.4, 0.5) is 4.39 Å². The minimum atomic E-state index is -0.183. The molecule has 1 nitrogen and oxygen atoms in total. The second-order valence-corrected chi connectivity index (χ2v) is 6.16. The first-order valence-corrected chi connectivity index (χ1v) is 7.70. The number of nitrogens with two attached hydrogens (primary N) is 1. The summed E-state index contributed by atoms with van der Waals surface area (Å²) in [5.74, 6) is 0.690. The van der Waals surface area contributed by atoms with Gasteiger partial charge in [0, 0.05) is 16.7 Å². The van der Waals surface area contributed by atoms with E-state index in [1.807, 2.05) is 25.1 Å². The maximum Gasteiger partial charge on any atom is 0.126 e. The van der Waals surface area contributed by atoms with Crippen molar-refractivity contribution in [1.82, 2.24) is 0 Å². The molecule has 0 aliphatic carbocycles. The van der Waals surface area contributed by atoms with Gasteiger partial charge >= 0.3 is 0 Å². The molecule has 0 radical (unpaired) electrons. The summed E-state index contributed by atoms with van der Waals surface area (Å²) in [4.78, 5) is 1.07. The Labute approximate surface area is 124 Å². The van der Waals surface area contributed by atoms with Gasteiger partial charge in [0.1, 0.15) is 5.82 Å². The summed E-state index contributed by atoms with van der Waals surface area (Å²) in [6.45, 7) is 5.79. The quantitative estimate of drug-likeness (QED) is 0.822. The fourth-order valence-corrected chi connectivity index (χ4v) is 3.39. The molecule has 2 N–H and O–H groups in total. The number of hydrogen-bond donors (Lipinski definition) is 1. The van der Waals surface area contributed by atoms with E-state index >= 15 is 0 Å². The van der Waals surface area contributed by atoms with E-state index in [1.54, 1.807) is 24.8 Å². The molecule has 20 heavy (non-hydrogen) atoms. The lowest BCUT2D eigenvalue weighted by atomic mass is 10.1. The molecule has 0 aromatic heterocycles. The highest BCUT2D eigenvalue weighted by Crippen LogP contribution is 2.32. The Hall–Kier alpha value is -1.32. The lowest BCUT2D eigenvalue weighted by Gasteiger charge is -2.14. The van der Waals surface area contributed by atoms with Crippen molar-refractivity contribution in [3.63, 3.8) is 0 Å². The van der Waals surface area contributed by atoms with Gasteiger partial charge in [0.2, 0.25) is 0 Å². The molecule has 0 amide bonds. The topological polar surface area (TPSA) is 26.0 Å². The Morgan fingerprint density at radius 2 is 1.85 bits per heavy atom. The van der Waals surface area contributed by atoms with Crippen LogP contribution in [0.15, 0.2) is 41.3 Å². The van der Waals surface area contributed by atoms with E-state index in [1.165, 1.54) is 11.1 Å². The van der Waals surface area contributed by atoms with E-state index in [4.69, 9.17) is 5.73 Å². The summed E-state index contributed by atoms with van der Waals surface area (Å²) in [6.07, 6.45) is 0. The maximum absolute atomic E-state index is 13.7. The molecule has 0 saturated heterocycles. The predicted octanol–water partition coefficient (Wildman–Crippen LogP) is 4.75. The first-order valence-electron chi connectivity index (χ1n) is 6.72. The summed E-state index contributed by atoms with van der Waals surface area (Å²) in [7, 11) is 0. The zero-order valence-corrected chi connectivity index (χ0v) is 12.9. The number of hydrogen-bond acceptors (Lipinski definition) is 2. The van der Waals surface area contributed by atoms with Crippen molar-refractivity contribution < 1.29 is 4.39 Å². The minimum absolute atomic E-state index is 0.163. The Kier molecular flexibility index (Phi) is 4.84. The average Bonchev–Trinajstić information content (AvgIpc) is 2.41. The molecule has 0 heterocycles. The van der Waals surface area contributed by atoms with Crippen LogP contribution in [-0.4, -0.2) is 0 Å². The molecule has 2 aromatic carbocycles. The van der Waals surface area contributed by atoms with Gasteiger partial charge in [-0.2, -0.15) is 0 Å². The van der Waals surface area contributed by atoms with Crippen LogP contribution in [0.5, 0.6) is 0 Å².